The summed E-state index contributed by atoms with van der Waals surface area (Å²) in [6, 6.07) is 2.77. The van der Waals surface area contributed by atoms with E-state index in [2.05, 4.69) is 9.97 Å². The molecule has 19 heavy (non-hydrogen) atoms. The van der Waals surface area contributed by atoms with E-state index in [4.69, 9.17) is 10.2 Å². The number of nitrogens with two attached hydrogens (primary N) is 1. The Morgan fingerprint density at radius 2 is 2.05 bits per heavy atom. The van der Waals surface area contributed by atoms with Crippen molar-refractivity contribution in [1.29, 1.82) is 0 Å². The second-order valence-corrected chi connectivity index (χ2v) is 4.46. The maximum Gasteiger partial charge on any atom is 0.433 e. The molecule has 3 rings (SSSR count). The van der Waals surface area contributed by atoms with Crippen LogP contribution in [0.1, 0.15) is 24.1 Å². The van der Waals surface area contributed by atoms with Crippen LogP contribution in [0.15, 0.2) is 16.5 Å². The van der Waals surface area contributed by atoms with Crippen molar-refractivity contribution in [2.75, 3.05) is 5.73 Å². The third-order valence-electron chi connectivity index (χ3n) is 3.21. The molecule has 1 aliphatic rings. The summed E-state index contributed by atoms with van der Waals surface area (Å²) in [6.45, 7) is 0. The third-order valence-corrected chi connectivity index (χ3v) is 3.21. The van der Waals surface area contributed by atoms with Gasteiger partial charge in [0.05, 0.1) is 6.07 Å². The van der Waals surface area contributed by atoms with Crippen LogP contribution in [0.3, 0.4) is 0 Å². The van der Waals surface area contributed by atoms with Crippen molar-refractivity contribution in [2.24, 2.45) is 0 Å². The van der Waals surface area contributed by atoms with Crippen molar-refractivity contribution in [2.45, 2.75) is 25.7 Å². The van der Waals surface area contributed by atoms with Gasteiger partial charge in [0.1, 0.15) is 10.7 Å². The number of nitrogen functional groups attached to an aromatic ring is 1. The van der Waals surface area contributed by atoms with Crippen molar-refractivity contribution in [3.05, 3.63) is 33.5 Å². The van der Waals surface area contributed by atoms with Gasteiger partial charge < -0.3 is 10.2 Å². The number of hydrogen-bond acceptors (Lipinski definition) is 6. The highest BCUT2D eigenvalue weighted by atomic mass is 16.6. The Bertz CT molecular complexity index is 650. The Hall–Kier alpha value is -2.44. The summed E-state index contributed by atoms with van der Waals surface area (Å²) in [5.74, 6) is 0.701. The van der Waals surface area contributed by atoms with Gasteiger partial charge in [-0.15, -0.1) is 0 Å². The van der Waals surface area contributed by atoms with E-state index in [-0.39, 0.29) is 11.6 Å². The van der Waals surface area contributed by atoms with Crippen LogP contribution in [-0.2, 0) is 12.8 Å². The van der Waals surface area contributed by atoms with Crippen LogP contribution in [0.2, 0.25) is 0 Å². The van der Waals surface area contributed by atoms with Crippen LogP contribution in [-0.4, -0.2) is 14.9 Å². The Labute approximate surface area is 108 Å². The molecule has 0 aromatic carbocycles. The standard InChI is InChI=1S/C12H12N4O3/c13-11-7-3-1-2-4-8(7)14-12(15-11)9-5-6-10(19-9)16(17)18/h5-6H,1-4H2,(H2,13,14,15). The lowest BCUT2D eigenvalue weighted by Gasteiger charge is -2.16. The summed E-state index contributed by atoms with van der Waals surface area (Å²) in [6.07, 6.45) is 3.91. The Morgan fingerprint density at radius 1 is 1.26 bits per heavy atom. The molecule has 0 radical (unpaired) electrons. The molecule has 2 aromatic heterocycles. The van der Waals surface area contributed by atoms with Gasteiger partial charge in [0, 0.05) is 11.3 Å². The lowest BCUT2D eigenvalue weighted by atomic mass is 9.96. The van der Waals surface area contributed by atoms with Crippen molar-refractivity contribution in [1.82, 2.24) is 9.97 Å². The van der Waals surface area contributed by atoms with E-state index in [1.54, 1.807) is 0 Å². The molecule has 1 aliphatic carbocycles. The molecule has 7 heteroatoms. The summed E-state index contributed by atoms with van der Waals surface area (Å²) in [4.78, 5) is 18.6. The number of fused-ring (bicyclic) bond motifs is 1. The van der Waals surface area contributed by atoms with Crippen LogP contribution in [0.25, 0.3) is 11.6 Å². The first-order chi connectivity index (χ1) is 9.15. The fourth-order valence-electron chi connectivity index (χ4n) is 2.28. The molecule has 7 nitrogen and oxygen atoms in total. The van der Waals surface area contributed by atoms with Gasteiger partial charge in [0.25, 0.3) is 0 Å². The second kappa shape index (κ2) is 4.34. The number of furan rings is 1. The largest absolute Gasteiger partial charge is 0.433 e. The average molecular weight is 260 g/mol. The summed E-state index contributed by atoms with van der Waals surface area (Å²) < 4.78 is 5.10. The first-order valence-corrected chi connectivity index (χ1v) is 6.05. The molecule has 0 spiro atoms. The monoisotopic (exact) mass is 260 g/mol. The summed E-state index contributed by atoms with van der Waals surface area (Å²) >= 11 is 0. The minimum absolute atomic E-state index is 0.270. The van der Waals surface area contributed by atoms with Crippen molar-refractivity contribution >= 4 is 11.7 Å². The van der Waals surface area contributed by atoms with Crippen LogP contribution >= 0.6 is 0 Å². The van der Waals surface area contributed by atoms with Gasteiger partial charge in [-0.3, -0.25) is 10.1 Å². The average Bonchev–Trinajstić information content (AvgIpc) is 2.88. The third kappa shape index (κ3) is 2.03. The molecule has 0 fully saturated rings. The molecule has 2 N–H and O–H groups in total. The molecule has 0 bridgehead atoms. The van der Waals surface area contributed by atoms with Crippen LogP contribution in [0, 0.1) is 10.1 Å². The van der Waals surface area contributed by atoms with Gasteiger partial charge in [0.15, 0.2) is 11.6 Å². The van der Waals surface area contributed by atoms with Crippen LogP contribution in [0.4, 0.5) is 11.7 Å². The zero-order valence-corrected chi connectivity index (χ0v) is 10.1. The molecule has 98 valence electrons. The molecule has 0 unspecified atom stereocenters. The Morgan fingerprint density at radius 3 is 2.79 bits per heavy atom. The normalized spacial score (nSPS) is 14.1. The quantitative estimate of drug-likeness (QED) is 0.654. The molecule has 2 aromatic rings. The predicted octanol–water partition coefficient (Wildman–Crippen LogP) is 2.11. The lowest BCUT2D eigenvalue weighted by molar-refractivity contribution is -0.401. The zero-order chi connectivity index (χ0) is 13.4. The fourth-order valence-corrected chi connectivity index (χ4v) is 2.28. The highest BCUT2D eigenvalue weighted by Gasteiger charge is 2.20. The van der Waals surface area contributed by atoms with E-state index in [1.807, 2.05) is 0 Å². The molecule has 0 saturated heterocycles. The van der Waals surface area contributed by atoms with E-state index in [0.29, 0.717) is 11.6 Å². The predicted molar refractivity (Wildman–Crippen MR) is 67.4 cm³/mol. The zero-order valence-electron chi connectivity index (χ0n) is 10.1. The molecular weight excluding hydrogens is 248 g/mol. The number of rotatable bonds is 2. The molecule has 2 heterocycles. The number of aryl methyl sites for hydroxylation is 1. The van der Waals surface area contributed by atoms with Gasteiger partial charge in [-0.05, 0) is 31.7 Å². The Balaban J connectivity index is 2.05. The van der Waals surface area contributed by atoms with Crippen molar-refractivity contribution in [3.63, 3.8) is 0 Å². The smallest absolute Gasteiger partial charge is 0.397 e. The SMILES string of the molecule is Nc1nc(-c2ccc([N+](=O)[O-])o2)nc2c1CCCC2. The summed E-state index contributed by atoms with van der Waals surface area (Å²) in [7, 11) is 0. The number of anilines is 1. The number of aromatic nitrogens is 2. The van der Waals surface area contributed by atoms with E-state index < -0.39 is 4.92 Å². The lowest BCUT2D eigenvalue weighted by Crippen LogP contribution is -2.11. The first-order valence-electron chi connectivity index (χ1n) is 6.05. The van der Waals surface area contributed by atoms with Crippen LogP contribution < -0.4 is 5.73 Å². The molecule has 0 saturated carbocycles. The highest BCUT2D eigenvalue weighted by Crippen LogP contribution is 2.28. The van der Waals surface area contributed by atoms with Gasteiger partial charge in [-0.2, -0.15) is 0 Å². The molecular formula is C12H12N4O3. The minimum Gasteiger partial charge on any atom is -0.397 e. The molecule has 0 aliphatic heterocycles. The van der Waals surface area contributed by atoms with E-state index in [1.165, 1.54) is 12.1 Å². The first kappa shape index (κ1) is 11.6. The van der Waals surface area contributed by atoms with Gasteiger partial charge in [-0.25, -0.2) is 9.97 Å². The van der Waals surface area contributed by atoms with E-state index >= 15 is 0 Å². The molecule has 0 amide bonds. The van der Waals surface area contributed by atoms with E-state index in [9.17, 15) is 10.1 Å². The van der Waals surface area contributed by atoms with Gasteiger partial charge in [-0.1, -0.05) is 0 Å². The highest BCUT2D eigenvalue weighted by molar-refractivity contribution is 5.55. The minimum atomic E-state index is -0.592. The fraction of sp³-hybridized carbons (Fsp3) is 0.333. The second-order valence-electron chi connectivity index (χ2n) is 4.46. The van der Waals surface area contributed by atoms with Gasteiger partial charge in [0.2, 0.25) is 0 Å². The summed E-state index contributed by atoms with van der Waals surface area (Å²) in [5.41, 5.74) is 7.84. The summed E-state index contributed by atoms with van der Waals surface area (Å²) in [5, 5.41) is 10.6. The van der Waals surface area contributed by atoms with Crippen LogP contribution in [0.5, 0.6) is 0 Å². The Kier molecular flexibility index (Phi) is 2.66. The maximum absolute atomic E-state index is 10.6. The maximum atomic E-state index is 10.6. The number of nitrogens with zero attached hydrogens (tertiary/aromatic N) is 3. The van der Waals surface area contributed by atoms with Crippen molar-refractivity contribution < 1.29 is 9.34 Å². The topological polar surface area (TPSA) is 108 Å². The van der Waals surface area contributed by atoms with Gasteiger partial charge >= 0.3 is 5.88 Å². The number of nitro groups is 1. The van der Waals surface area contributed by atoms with Crippen molar-refractivity contribution in [3.8, 4) is 11.6 Å². The molecule has 0 atom stereocenters. The number of hydrogen-bond donors (Lipinski definition) is 1. The van der Waals surface area contributed by atoms with E-state index in [0.717, 1.165) is 36.9 Å².